The molecular formula is C26H39FN6O3. The summed E-state index contributed by atoms with van der Waals surface area (Å²) in [6.07, 6.45) is 4.40. The summed E-state index contributed by atoms with van der Waals surface area (Å²) < 4.78 is 26.2. The number of hydrogen-bond donors (Lipinski definition) is 1. The summed E-state index contributed by atoms with van der Waals surface area (Å²) in [6.45, 7) is 10.7. The van der Waals surface area contributed by atoms with E-state index in [2.05, 4.69) is 15.1 Å². The molecule has 5 aliphatic rings. The number of piperazine rings is 1. The fraction of sp³-hybridized carbons (Fsp3) is 0.808. The lowest BCUT2D eigenvalue weighted by molar-refractivity contribution is 0.0122. The zero-order chi connectivity index (χ0) is 25.1. The van der Waals surface area contributed by atoms with Gasteiger partial charge in [-0.1, -0.05) is 0 Å². The molecule has 36 heavy (non-hydrogen) atoms. The van der Waals surface area contributed by atoms with Gasteiger partial charge in [0.1, 0.15) is 24.2 Å². The molecule has 198 valence electrons. The van der Waals surface area contributed by atoms with Gasteiger partial charge in [-0.3, -0.25) is 9.80 Å². The van der Waals surface area contributed by atoms with E-state index >= 15 is 0 Å². The van der Waals surface area contributed by atoms with Crippen LogP contribution in [-0.2, 0) is 17.7 Å². The van der Waals surface area contributed by atoms with Gasteiger partial charge >= 0.3 is 12.1 Å². The molecule has 4 fully saturated rings. The van der Waals surface area contributed by atoms with Crippen molar-refractivity contribution in [3.8, 4) is 6.01 Å². The fourth-order valence-corrected chi connectivity index (χ4v) is 6.98. The van der Waals surface area contributed by atoms with E-state index in [1.807, 2.05) is 25.7 Å². The van der Waals surface area contributed by atoms with Gasteiger partial charge in [-0.25, -0.2) is 9.18 Å². The minimum absolute atomic E-state index is 0.112. The zero-order valence-corrected chi connectivity index (χ0v) is 21.8. The molecule has 2 bridgehead atoms. The van der Waals surface area contributed by atoms with E-state index in [9.17, 15) is 9.18 Å². The number of anilines is 1. The van der Waals surface area contributed by atoms with Crippen LogP contribution in [0.25, 0.3) is 0 Å². The molecule has 4 atom stereocenters. The van der Waals surface area contributed by atoms with Gasteiger partial charge in [0.2, 0.25) is 0 Å². The number of nitrogens with zero attached hydrogens (tertiary/aromatic N) is 5. The van der Waals surface area contributed by atoms with Gasteiger partial charge in [0.15, 0.2) is 0 Å². The summed E-state index contributed by atoms with van der Waals surface area (Å²) in [5.74, 6) is 0.938. The Kier molecular flexibility index (Phi) is 6.02. The Bertz CT molecular complexity index is 1000. The predicted molar refractivity (Wildman–Crippen MR) is 133 cm³/mol. The summed E-state index contributed by atoms with van der Waals surface area (Å²) in [7, 11) is 0. The van der Waals surface area contributed by atoms with Gasteiger partial charge in [0, 0.05) is 38.2 Å². The van der Waals surface area contributed by atoms with E-state index in [1.54, 1.807) is 0 Å². The van der Waals surface area contributed by atoms with Gasteiger partial charge in [0.05, 0.1) is 23.3 Å². The predicted octanol–water partition coefficient (Wildman–Crippen LogP) is 2.67. The number of nitrogens with one attached hydrogen (secondary N) is 1. The Morgan fingerprint density at radius 2 is 1.97 bits per heavy atom. The number of ether oxygens (including phenoxy) is 2. The number of alkyl halides is 1. The van der Waals surface area contributed by atoms with Crippen LogP contribution >= 0.6 is 0 Å². The second-order valence-corrected chi connectivity index (χ2v) is 12.2. The van der Waals surface area contributed by atoms with Crippen molar-refractivity contribution in [3.63, 3.8) is 0 Å². The Labute approximate surface area is 212 Å². The number of rotatable bonds is 4. The van der Waals surface area contributed by atoms with Crippen molar-refractivity contribution in [2.24, 2.45) is 0 Å². The molecule has 0 unspecified atom stereocenters. The van der Waals surface area contributed by atoms with Crippen LogP contribution in [-0.4, -0.2) is 94.6 Å². The van der Waals surface area contributed by atoms with Crippen LogP contribution in [0, 0.1) is 0 Å². The molecule has 0 spiro atoms. The maximum absolute atomic E-state index is 14.2. The van der Waals surface area contributed by atoms with Crippen molar-refractivity contribution >= 4 is 11.9 Å². The molecule has 10 heteroatoms. The molecule has 4 saturated heterocycles. The van der Waals surface area contributed by atoms with Crippen molar-refractivity contribution in [3.05, 3.63) is 11.3 Å². The number of amides is 1. The smallest absolute Gasteiger partial charge is 0.410 e. The van der Waals surface area contributed by atoms with E-state index < -0.39 is 11.8 Å². The molecule has 0 radical (unpaired) electrons. The number of halogens is 1. The molecule has 0 aliphatic carbocycles. The highest BCUT2D eigenvalue weighted by Gasteiger charge is 2.50. The molecular weight excluding hydrogens is 463 g/mol. The van der Waals surface area contributed by atoms with E-state index in [0.29, 0.717) is 32.1 Å². The third-order valence-electron chi connectivity index (χ3n) is 8.51. The first-order chi connectivity index (χ1) is 17.2. The molecule has 1 aromatic heterocycles. The number of hydrogen-bond acceptors (Lipinski definition) is 8. The number of aromatic nitrogens is 2. The van der Waals surface area contributed by atoms with Gasteiger partial charge in [-0.2, -0.15) is 9.97 Å². The van der Waals surface area contributed by atoms with Gasteiger partial charge in [-0.05, 0) is 66.0 Å². The summed E-state index contributed by atoms with van der Waals surface area (Å²) in [5.41, 5.74) is 1.43. The lowest BCUT2D eigenvalue weighted by atomic mass is 9.95. The Morgan fingerprint density at radius 1 is 1.19 bits per heavy atom. The van der Waals surface area contributed by atoms with Crippen LogP contribution in [0.4, 0.5) is 15.0 Å². The van der Waals surface area contributed by atoms with E-state index in [-0.39, 0.29) is 23.7 Å². The van der Waals surface area contributed by atoms with Crippen LogP contribution < -0.4 is 15.0 Å². The molecule has 6 heterocycles. The maximum atomic E-state index is 14.2. The highest BCUT2D eigenvalue weighted by molar-refractivity contribution is 5.70. The van der Waals surface area contributed by atoms with E-state index in [4.69, 9.17) is 19.4 Å². The van der Waals surface area contributed by atoms with Crippen molar-refractivity contribution < 1.29 is 18.7 Å². The lowest BCUT2D eigenvalue weighted by Gasteiger charge is -2.42. The van der Waals surface area contributed by atoms with Crippen LogP contribution in [0.15, 0.2) is 0 Å². The third kappa shape index (κ3) is 4.40. The highest BCUT2D eigenvalue weighted by Crippen LogP contribution is 2.41. The quantitative estimate of drug-likeness (QED) is 0.673. The number of carbonyl (C=O) groups excluding carboxylic acids is 1. The minimum atomic E-state index is -0.783. The molecule has 1 amide bonds. The number of fused-ring (bicyclic) bond motifs is 4. The van der Waals surface area contributed by atoms with Crippen LogP contribution in [0.3, 0.4) is 0 Å². The lowest BCUT2D eigenvalue weighted by Crippen LogP contribution is -2.57. The Balaban J connectivity index is 1.22. The van der Waals surface area contributed by atoms with Gasteiger partial charge < -0.3 is 19.7 Å². The molecule has 5 aliphatic heterocycles. The van der Waals surface area contributed by atoms with E-state index in [0.717, 1.165) is 69.8 Å². The molecule has 1 N–H and O–H groups in total. The molecule has 6 rings (SSSR count). The summed E-state index contributed by atoms with van der Waals surface area (Å²) in [4.78, 5) is 29.2. The monoisotopic (exact) mass is 502 g/mol. The average molecular weight is 503 g/mol. The largest absolute Gasteiger partial charge is 0.461 e. The summed E-state index contributed by atoms with van der Waals surface area (Å²) in [5, 5.41) is 3.42. The molecule has 9 nitrogen and oxygen atoms in total. The first-order valence-electron chi connectivity index (χ1n) is 13.6. The van der Waals surface area contributed by atoms with Crippen molar-refractivity contribution in [1.29, 1.82) is 0 Å². The first kappa shape index (κ1) is 24.2. The minimum Gasteiger partial charge on any atom is -0.461 e. The molecule has 1 aromatic rings. The second-order valence-electron chi connectivity index (χ2n) is 12.2. The first-order valence-corrected chi connectivity index (χ1v) is 13.6. The standard InChI is InChI=1S/C26H39FN6O3/c1-25(2,3)36-24(34)33-18-5-6-19(33)15-31(14-18)22-20-7-9-28-12-21(20)29-23(30-22)35-16-26-8-4-10-32(26)13-17(27)11-26/h17-19,28H,4-16H2,1-3H3/t17-,18+,19+,26+/m1/s1. The number of carbonyl (C=O) groups is 1. The zero-order valence-electron chi connectivity index (χ0n) is 21.8. The van der Waals surface area contributed by atoms with Crippen molar-refractivity contribution in [1.82, 2.24) is 25.1 Å². The van der Waals surface area contributed by atoms with Crippen LogP contribution in [0.5, 0.6) is 6.01 Å². The Morgan fingerprint density at radius 3 is 2.72 bits per heavy atom. The average Bonchev–Trinajstić information content (AvgIpc) is 3.43. The Hall–Kier alpha value is -2.20. The second kappa shape index (κ2) is 8.97. The van der Waals surface area contributed by atoms with Crippen LogP contribution in [0.2, 0.25) is 0 Å². The van der Waals surface area contributed by atoms with Gasteiger partial charge in [0.25, 0.3) is 0 Å². The van der Waals surface area contributed by atoms with Crippen molar-refractivity contribution in [2.45, 2.75) is 95.2 Å². The summed E-state index contributed by atoms with van der Waals surface area (Å²) >= 11 is 0. The van der Waals surface area contributed by atoms with Gasteiger partial charge in [-0.15, -0.1) is 0 Å². The topological polar surface area (TPSA) is 83.1 Å². The molecule has 0 saturated carbocycles. The van der Waals surface area contributed by atoms with E-state index in [1.165, 1.54) is 5.56 Å². The molecule has 0 aromatic carbocycles. The highest BCUT2D eigenvalue weighted by atomic mass is 19.1. The SMILES string of the molecule is CC(C)(C)OC(=O)N1[C@H]2CC[C@H]1CN(c1nc(OC[C@@]34CCCN3C[C@H](F)C4)nc3c1CCNC3)C2. The van der Waals surface area contributed by atoms with Crippen LogP contribution in [0.1, 0.15) is 64.1 Å². The maximum Gasteiger partial charge on any atom is 0.410 e. The normalized spacial score (nSPS) is 31.9. The fourth-order valence-electron chi connectivity index (χ4n) is 6.98. The van der Waals surface area contributed by atoms with Crippen molar-refractivity contribution in [2.75, 3.05) is 44.2 Å². The summed E-state index contributed by atoms with van der Waals surface area (Å²) in [6, 6.07) is 0.611. The third-order valence-corrected chi connectivity index (χ3v) is 8.51.